The predicted octanol–water partition coefficient (Wildman–Crippen LogP) is -13.4. The smallest absolute Gasteiger partial charge is 0.549 e. The molecule has 23 heavy (non-hydrogen) atoms. The first kappa shape index (κ1) is 31.5. The fourth-order valence-corrected chi connectivity index (χ4v) is 1.44. The van der Waals surface area contributed by atoms with Gasteiger partial charge >= 0.3 is 86.8 Å². The third-order valence-electron chi connectivity index (χ3n) is 2.14. The van der Waals surface area contributed by atoms with E-state index in [1.165, 1.54) is 0 Å². The van der Waals surface area contributed by atoms with Gasteiger partial charge in [-0.05, 0) is 0 Å². The third kappa shape index (κ3) is 20.7. The second-order valence-electron chi connectivity index (χ2n) is 3.91. The summed E-state index contributed by atoms with van der Waals surface area (Å²) in [5.74, 6) is -6.12. The van der Waals surface area contributed by atoms with E-state index in [9.17, 15) is 39.6 Å². The van der Waals surface area contributed by atoms with Gasteiger partial charge in [0, 0.05) is 39.3 Å². The first-order valence-electron chi connectivity index (χ1n) is 5.44. The van der Waals surface area contributed by atoms with Crippen molar-refractivity contribution < 1.29 is 126 Å². The topological polar surface area (TPSA) is 167 Å². The maximum Gasteiger partial charge on any atom is 2.00 e. The Morgan fingerprint density at radius 3 is 0.870 bits per heavy atom. The van der Waals surface area contributed by atoms with E-state index in [0.29, 0.717) is 0 Å². The van der Waals surface area contributed by atoms with E-state index in [1.54, 1.807) is 0 Å². The molecule has 0 aliphatic heterocycles. The van der Waals surface area contributed by atoms with Crippen molar-refractivity contribution in [2.24, 2.45) is 0 Å². The van der Waals surface area contributed by atoms with Gasteiger partial charge in [0.2, 0.25) is 0 Å². The average Bonchev–Trinajstić information content (AvgIpc) is 2.22. The molecule has 0 unspecified atom stereocenters. The summed E-state index contributed by atoms with van der Waals surface area (Å²) in [7, 11) is 0. The Balaban J connectivity index is -0.000000602. The molecule has 0 aromatic rings. The standard InChI is InChI=1S/C10H16N2O8.Hg.2Na/c13-7(14)3-11(4-8(15)16)1-2-12(5-9(17)18)6-10(19)20;;;/h1-6H2,(H,13,14)(H,15,16)(H,17,18)(H,19,20);;;/q;+2;2*+1/p-4. The Bertz CT molecular complexity index is 331. The summed E-state index contributed by atoms with van der Waals surface area (Å²) in [5.41, 5.74) is 0. The zero-order valence-electron chi connectivity index (χ0n) is 13.1. The fraction of sp³-hybridized carbons (Fsp3) is 0.600. The number of carbonyl (C=O) groups is 4. The van der Waals surface area contributed by atoms with Crippen molar-refractivity contribution in [1.82, 2.24) is 9.80 Å². The summed E-state index contributed by atoms with van der Waals surface area (Å²) in [6.45, 7) is -3.25. The molecule has 0 saturated carbocycles. The number of hydrogen-bond acceptors (Lipinski definition) is 10. The van der Waals surface area contributed by atoms with Crippen LogP contribution in [-0.4, -0.2) is 72.9 Å². The van der Waals surface area contributed by atoms with Gasteiger partial charge in [-0.25, -0.2) is 0 Å². The zero-order chi connectivity index (χ0) is 15.7. The molecule has 0 aromatic carbocycles. The summed E-state index contributed by atoms with van der Waals surface area (Å²) in [4.78, 5) is 43.4. The van der Waals surface area contributed by atoms with Crippen molar-refractivity contribution in [3.8, 4) is 0 Å². The number of aliphatic carboxylic acids is 4. The molecule has 10 nitrogen and oxygen atoms in total. The summed E-state index contributed by atoms with van der Waals surface area (Å²) in [6, 6.07) is 0. The van der Waals surface area contributed by atoms with E-state index in [4.69, 9.17) is 0 Å². The van der Waals surface area contributed by atoms with Crippen molar-refractivity contribution in [1.29, 1.82) is 0 Å². The van der Waals surface area contributed by atoms with E-state index in [1.807, 2.05) is 0 Å². The van der Waals surface area contributed by atoms with Gasteiger partial charge in [0.1, 0.15) is 0 Å². The quantitative estimate of drug-likeness (QED) is 0.232. The van der Waals surface area contributed by atoms with Crippen molar-refractivity contribution in [2.45, 2.75) is 0 Å². The molecule has 13 heteroatoms. The van der Waals surface area contributed by atoms with Gasteiger partial charge in [-0.3, -0.25) is 9.80 Å². The number of carboxylic acids is 4. The third-order valence-corrected chi connectivity index (χ3v) is 2.14. The largest absolute Gasteiger partial charge is 2.00 e. The Kier molecular flexibility index (Phi) is 24.0. The fourth-order valence-electron chi connectivity index (χ4n) is 1.44. The van der Waals surface area contributed by atoms with Crippen LogP contribution in [0.4, 0.5) is 0 Å². The minimum absolute atomic E-state index is 0. The van der Waals surface area contributed by atoms with Crippen LogP contribution in [0.2, 0.25) is 0 Å². The number of carbonyl (C=O) groups excluding carboxylic acids is 4. The molecule has 0 aromatic heterocycles. The van der Waals surface area contributed by atoms with Gasteiger partial charge in [-0.1, -0.05) is 0 Å². The van der Waals surface area contributed by atoms with Crippen LogP contribution in [0.1, 0.15) is 0 Å². The van der Waals surface area contributed by atoms with Crippen LogP contribution in [-0.2, 0) is 46.8 Å². The number of rotatable bonds is 11. The molecule has 0 atom stereocenters. The number of nitrogens with zero attached hydrogens (tertiary/aromatic N) is 2. The van der Waals surface area contributed by atoms with Crippen LogP contribution in [0.5, 0.6) is 0 Å². The summed E-state index contributed by atoms with van der Waals surface area (Å²) in [5, 5.41) is 41.6. The van der Waals surface area contributed by atoms with Crippen LogP contribution in [0.15, 0.2) is 0 Å². The Morgan fingerprint density at radius 1 is 0.565 bits per heavy atom. The van der Waals surface area contributed by atoms with Gasteiger partial charge < -0.3 is 39.6 Å². The van der Waals surface area contributed by atoms with Crippen LogP contribution >= 0.6 is 0 Å². The molecular weight excluding hydrogens is 523 g/mol. The SMILES string of the molecule is O=C([O-])CN(CCN(CC(=O)[O-])CC(=O)[O-])CC(=O)[O-].[Hg+2].[Na+].[Na+]. The van der Waals surface area contributed by atoms with Gasteiger partial charge in [-0.15, -0.1) is 0 Å². The molecule has 0 N–H and O–H groups in total. The van der Waals surface area contributed by atoms with Crippen LogP contribution in [0, 0.1) is 0 Å². The minimum atomic E-state index is -1.53. The average molecular weight is 535 g/mol. The second-order valence-corrected chi connectivity index (χ2v) is 3.91. The van der Waals surface area contributed by atoms with E-state index in [-0.39, 0.29) is 99.9 Å². The van der Waals surface area contributed by atoms with E-state index < -0.39 is 50.1 Å². The zero-order valence-corrected chi connectivity index (χ0v) is 22.6. The van der Waals surface area contributed by atoms with Crippen molar-refractivity contribution in [3.63, 3.8) is 0 Å². The number of hydrogen-bond donors (Lipinski definition) is 0. The molecule has 0 aliphatic rings. The first-order valence-corrected chi connectivity index (χ1v) is 5.44. The molecule has 0 bridgehead atoms. The van der Waals surface area contributed by atoms with Crippen LogP contribution in [0.3, 0.4) is 0 Å². The van der Waals surface area contributed by atoms with Gasteiger partial charge in [-0.2, -0.15) is 0 Å². The van der Waals surface area contributed by atoms with E-state index in [0.717, 1.165) is 9.80 Å². The monoisotopic (exact) mass is 536 g/mol. The van der Waals surface area contributed by atoms with Gasteiger partial charge in [0.15, 0.2) is 0 Å². The Morgan fingerprint density at radius 2 is 0.739 bits per heavy atom. The molecular formula is C10H12HgN2Na2O8. The normalized spacial score (nSPS) is 9.30. The molecule has 0 aliphatic carbocycles. The molecule has 114 valence electrons. The maximum atomic E-state index is 10.4. The Hall–Kier alpha value is 0.735. The molecule has 0 radical (unpaired) electrons. The number of carboxylic acid groups (broad SMARTS) is 4. The molecule has 0 amide bonds. The van der Waals surface area contributed by atoms with Gasteiger partial charge in [0.05, 0.1) is 23.9 Å². The molecule has 0 heterocycles. The van der Waals surface area contributed by atoms with Crippen molar-refractivity contribution in [2.75, 3.05) is 39.3 Å². The molecule has 0 fully saturated rings. The van der Waals surface area contributed by atoms with Crippen LogP contribution in [0.25, 0.3) is 0 Å². The second kappa shape index (κ2) is 17.6. The summed E-state index contributed by atoms with van der Waals surface area (Å²) >= 11 is 0. The predicted molar refractivity (Wildman–Crippen MR) is 52.9 cm³/mol. The van der Waals surface area contributed by atoms with E-state index in [2.05, 4.69) is 0 Å². The summed E-state index contributed by atoms with van der Waals surface area (Å²) in [6.07, 6.45) is 0. The minimum Gasteiger partial charge on any atom is -0.549 e. The van der Waals surface area contributed by atoms with Crippen molar-refractivity contribution in [3.05, 3.63) is 0 Å². The van der Waals surface area contributed by atoms with Crippen LogP contribution < -0.4 is 79.5 Å². The van der Waals surface area contributed by atoms with E-state index >= 15 is 0 Å². The Labute approximate surface area is 197 Å². The summed E-state index contributed by atoms with van der Waals surface area (Å²) < 4.78 is 0. The molecule has 0 saturated heterocycles. The molecule has 0 rings (SSSR count). The molecule has 0 spiro atoms. The van der Waals surface area contributed by atoms with Crippen molar-refractivity contribution >= 4 is 23.9 Å². The first-order chi connectivity index (χ1) is 9.20. The maximum absolute atomic E-state index is 10.4. The van der Waals surface area contributed by atoms with Gasteiger partial charge in [0.25, 0.3) is 0 Å².